The summed E-state index contributed by atoms with van der Waals surface area (Å²) >= 11 is 6.10. The van der Waals surface area contributed by atoms with E-state index in [1.165, 1.54) is 37.7 Å². The van der Waals surface area contributed by atoms with Gasteiger partial charge in [0.25, 0.3) is 0 Å². The molecule has 2 heterocycles. The van der Waals surface area contributed by atoms with Gasteiger partial charge >= 0.3 is 0 Å². The van der Waals surface area contributed by atoms with E-state index < -0.39 is 0 Å². The molecule has 0 aromatic heterocycles. The first-order chi connectivity index (χ1) is 9.26. The molecule has 2 aliphatic heterocycles. The van der Waals surface area contributed by atoms with E-state index in [2.05, 4.69) is 35.5 Å². The number of fused-ring (bicyclic) bond motifs is 2. The van der Waals surface area contributed by atoms with Gasteiger partial charge in [-0.3, -0.25) is 4.90 Å². The summed E-state index contributed by atoms with van der Waals surface area (Å²) in [4.78, 5) is 2.73. The smallest absolute Gasteiger partial charge is 0.0409 e. The van der Waals surface area contributed by atoms with Crippen LogP contribution in [0.2, 0.25) is 5.02 Å². The monoisotopic (exact) mass is 278 g/mol. The van der Waals surface area contributed by atoms with E-state index in [0.717, 1.165) is 23.7 Å². The van der Waals surface area contributed by atoms with Crippen molar-refractivity contribution in [2.75, 3.05) is 7.05 Å². The van der Waals surface area contributed by atoms with E-state index in [9.17, 15) is 0 Å². The van der Waals surface area contributed by atoms with Crippen LogP contribution in [0.3, 0.4) is 0 Å². The Morgan fingerprint density at radius 2 is 2.00 bits per heavy atom. The van der Waals surface area contributed by atoms with Crippen molar-refractivity contribution in [1.82, 2.24) is 10.2 Å². The van der Waals surface area contributed by atoms with Crippen LogP contribution >= 0.6 is 11.6 Å². The molecule has 0 radical (unpaired) electrons. The highest BCUT2D eigenvalue weighted by atomic mass is 35.5. The van der Waals surface area contributed by atoms with E-state index in [-0.39, 0.29) is 0 Å². The molecule has 3 heteroatoms. The third kappa shape index (κ3) is 2.96. The van der Waals surface area contributed by atoms with Crippen molar-refractivity contribution in [3.63, 3.8) is 0 Å². The first-order valence-electron chi connectivity index (χ1n) is 7.43. The molecule has 19 heavy (non-hydrogen) atoms. The van der Waals surface area contributed by atoms with E-state index >= 15 is 0 Å². The molecule has 2 aliphatic rings. The number of nitrogens with one attached hydrogen (secondary N) is 1. The topological polar surface area (TPSA) is 15.3 Å². The minimum atomic E-state index is 0.714. The molecule has 0 saturated carbocycles. The summed E-state index contributed by atoms with van der Waals surface area (Å²) in [5.41, 5.74) is 1.35. The lowest BCUT2D eigenvalue weighted by Crippen LogP contribution is -2.55. The lowest BCUT2D eigenvalue weighted by Gasteiger charge is -2.49. The second-order valence-corrected chi connectivity index (χ2v) is 6.43. The number of piperidine rings is 2. The average molecular weight is 279 g/mol. The van der Waals surface area contributed by atoms with Crippen molar-refractivity contribution < 1.29 is 0 Å². The molecule has 2 fully saturated rings. The van der Waals surface area contributed by atoms with Gasteiger partial charge in [-0.15, -0.1) is 0 Å². The Kier molecular flexibility index (Phi) is 4.11. The first-order valence-corrected chi connectivity index (χ1v) is 7.81. The number of hydrogen-bond donors (Lipinski definition) is 1. The molecule has 0 amide bonds. The molecular weight excluding hydrogens is 256 g/mol. The predicted octanol–water partition coefficient (Wildman–Crippen LogP) is 3.44. The van der Waals surface area contributed by atoms with Gasteiger partial charge in [-0.25, -0.2) is 0 Å². The van der Waals surface area contributed by atoms with Crippen molar-refractivity contribution >= 4 is 11.6 Å². The standard InChI is InChI=1S/C16H23ClN2/c1-18-14-9-15-6-3-7-16(10-14)19(15)11-12-4-2-5-13(17)8-12/h2,4-5,8,14-16,18H,3,6-7,9-11H2,1H3. The van der Waals surface area contributed by atoms with Gasteiger partial charge in [-0.1, -0.05) is 30.2 Å². The van der Waals surface area contributed by atoms with E-state index in [1.54, 1.807) is 0 Å². The van der Waals surface area contributed by atoms with Crippen LogP contribution in [-0.2, 0) is 6.54 Å². The normalized spacial score (nSPS) is 31.4. The largest absolute Gasteiger partial charge is 0.317 e. The molecule has 2 atom stereocenters. The highest BCUT2D eigenvalue weighted by Crippen LogP contribution is 2.35. The fourth-order valence-corrected chi connectivity index (χ4v) is 4.03. The summed E-state index contributed by atoms with van der Waals surface area (Å²) in [7, 11) is 2.10. The molecule has 1 N–H and O–H groups in total. The molecule has 0 spiro atoms. The predicted molar refractivity (Wildman–Crippen MR) is 80.5 cm³/mol. The Morgan fingerprint density at radius 3 is 2.63 bits per heavy atom. The van der Waals surface area contributed by atoms with Gasteiger partial charge in [-0.2, -0.15) is 0 Å². The third-order valence-electron chi connectivity index (χ3n) is 4.79. The van der Waals surface area contributed by atoms with Gasteiger partial charge in [0.2, 0.25) is 0 Å². The summed E-state index contributed by atoms with van der Waals surface area (Å²) in [6.07, 6.45) is 6.71. The fourth-order valence-electron chi connectivity index (χ4n) is 3.82. The fraction of sp³-hybridized carbons (Fsp3) is 0.625. The Hall–Kier alpha value is -0.570. The van der Waals surface area contributed by atoms with Crippen molar-refractivity contribution in [2.24, 2.45) is 0 Å². The van der Waals surface area contributed by atoms with Crippen molar-refractivity contribution in [3.8, 4) is 0 Å². The molecular formula is C16H23ClN2. The van der Waals surface area contributed by atoms with Crippen LogP contribution in [0.5, 0.6) is 0 Å². The summed E-state index contributed by atoms with van der Waals surface area (Å²) in [6.45, 7) is 1.06. The number of benzene rings is 1. The highest BCUT2D eigenvalue weighted by Gasteiger charge is 2.37. The second-order valence-electron chi connectivity index (χ2n) is 6.00. The van der Waals surface area contributed by atoms with Gasteiger partial charge in [0, 0.05) is 29.7 Å². The zero-order valence-corrected chi connectivity index (χ0v) is 12.4. The van der Waals surface area contributed by atoms with Crippen molar-refractivity contribution in [1.29, 1.82) is 0 Å². The first kappa shape index (κ1) is 13.4. The molecule has 104 valence electrons. The van der Waals surface area contributed by atoms with Gasteiger partial charge in [0.1, 0.15) is 0 Å². The van der Waals surface area contributed by atoms with Crippen LogP contribution in [0.15, 0.2) is 24.3 Å². The Bertz CT molecular complexity index is 421. The van der Waals surface area contributed by atoms with Crippen LogP contribution in [0.1, 0.15) is 37.7 Å². The minimum Gasteiger partial charge on any atom is -0.317 e. The SMILES string of the molecule is CNC1CC2CCCC(C1)N2Cc1cccc(Cl)c1. The van der Waals surface area contributed by atoms with Crippen molar-refractivity contribution in [3.05, 3.63) is 34.9 Å². The van der Waals surface area contributed by atoms with E-state index in [1.807, 2.05) is 6.07 Å². The zero-order chi connectivity index (χ0) is 13.2. The quantitative estimate of drug-likeness (QED) is 0.911. The van der Waals surface area contributed by atoms with E-state index in [4.69, 9.17) is 11.6 Å². The number of halogens is 1. The Labute approximate surface area is 121 Å². The van der Waals surface area contributed by atoms with Crippen molar-refractivity contribution in [2.45, 2.75) is 56.8 Å². The molecule has 1 aromatic rings. The maximum Gasteiger partial charge on any atom is 0.0409 e. The maximum absolute atomic E-state index is 6.10. The minimum absolute atomic E-state index is 0.714. The Morgan fingerprint density at radius 1 is 1.26 bits per heavy atom. The zero-order valence-electron chi connectivity index (χ0n) is 11.6. The van der Waals surface area contributed by atoms with Crippen LogP contribution in [0.25, 0.3) is 0 Å². The van der Waals surface area contributed by atoms with Gasteiger partial charge in [0.05, 0.1) is 0 Å². The summed E-state index contributed by atoms with van der Waals surface area (Å²) in [6, 6.07) is 10.6. The van der Waals surface area contributed by atoms with Gasteiger partial charge in [-0.05, 0) is 50.4 Å². The molecule has 0 aliphatic carbocycles. The average Bonchev–Trinajstić information content (AvgIpc) is 2.38. The number of nitrogens with zero attached hydrogens (tertiary/aromatic N) is 1. The van der Waals surface area contributed by atoms with Crippen LogP contribution in [0.4, 0.5) is 0 Å². The maximum atomic E-state index is 6.10. The molecule has 2 unspecified atom stereocenters. The number of rotatable bonds is 3. The lowest BCUT2D eigenvalue weighted by molar-refractivity contribution is 0.0190. The molecule has 2 bridgehead atoms. The molecule has 2 saturated heterocycles. The summed E-state index contributed by atoms with van der Waals surface area (Å²) in [5, 5.41) is 4.33. The molecule has 1 aromatic carbocycles. The van der Waals surface area contributed by atoms with E-state index in [0.29, 0.717) is 6.04 Å². The van der Waals surface area contributed by atoms with Crippen LogP contribution < -0.4 is 5.32 Å². The Balaban J connectivity index is 1.73. The molecule has 2 nitrogen and oxygen atoms in total. The second kappa shape index (κ2) is 5.82. The summed E-state index contributed by atoms with van der Waals surface area (Å²) < 4.78 is 0. The third-order valence-corrected chi connectivity index (χ3v) is 5.02. The number of hydrogen-bond acceptors (Lipinski definition) is 2. The van der Waals surface area contributed by atoms with Gasteiger partial charge < -0.3 is 5.32 Å². The lowest BCUT2D eigenvalue weighted by atomic mass is 9.81. The summed E-state index contributed by atoms with van der Waals surface area (Å²) in [5.74, 6) is 0. The van der Waals surface area contributed by atoms with Crippen LogP contribution in [0, 0.1) is 0 Å². The van der Waals surface area contributed by atoms with Crippen LogP contribution in [-0.4, -0.2) is 30.1 Å². The molecule has 3 rings (SSSR count). The highest BCUT2D eigenvalue weighted by molar-refractivity contribution is 6.30. The van der Waals surface area contributed by atoms with Gasteiger partial charge in [0.15, 0.2) is 0 Å².